The number of amides is 1. The molecule has 37 heavy (non-hydrogen) atoms. The number of anilines is 1. The molecule has 4 aromatic rings. The van der Waals surface area contributed by atoms with E-state index in [-0.39, 0.29) is 18.5 Å². The van der Waals surface area contributed by atoms with Gasteiger partial charge in [0.1, 0.15) is 5.75 Å². The summed E-state index contributed by atoms with van der Waals surface area (Å²) in [5.74, 6) is 0.590. The zero-order chi connectivity index (χ0) is 26.1. The quantitative estimate of drug-likeness (QED) is 0.456. The number of nitrogens with zero attached hydrogens (tertiary/aromatic N) is 3. The molecule has 0 bridgehead atoms. The van der Waals surface area contributed by atoms with E-state index in [0.29, 0.717) is 35.3 Å². The number of H-pyrrole nitrogens is 1. The Morgan fingerprint density at radius 1 is 1.03 bits per heavy atom. The molecular weight excluding hydrogens is 468 g/mol. The van der Waals surface area contributed by atoms with Crippen molar-refractivity contribution in [3.05, 3.63) is 104 Å². The molecule has 1 saturated heterocycles. The molecule has 0 unspecified atom stereocenters. The van der Waals surface area contributed by atoms with Crippen molar-refractivity contribution in [1.29, 1.82) is 0 Å². The largest absolute Gasteiger partial charge is 0.497 e. The number of benzene rings is 3. The average molecular weight is 499 g/mol. The Morgan fingerprint density at radius 3 is 2.51 bits per heavy atom. The number of ether oxygens (including phenoxy) is 1. The lowest BCUT2D eigenvalue weighted by Gasteiger charge is -2.41. The van der Waals surface area contributed by atoms with Crippen LogP contribution in [0.1, 0.15) is 28.4 Å². The predicted octanol–water partition coefficient (Wildman–Crippen LogP) is 3.41. The van der Waals surface area contributed by atoms with Crippen LogP contribution in [0.25, 0.3) is 10.9 Å². The molecule has 1 atom stereocenters. The van der Waals surface area contributed by atoms with Gasteiger partial charge in [0.2, 0.25) is 0 Å². The Bertz CT molecular complexity index is 1570. The van der Waals surface area contributed by atoms with Gasteiger partial charge in [0, 0.05) is 36.9 Å². The molecule has 1 aliphatic rings. The highest BCUT2D eigenvalue weighted by molar-refractivity contribution is 5.97. The third-order valence-corrected chi connectivity index (χ3v) is 6.98. The van der Waals surface area contributed by atoms with Crippen molar-refractivity contribution < 1.29 is 9.53 Å². The zero-order valence-electron chi connectivity index (χ0n) is 21.2. The van der Waals surface area contributed by atoms with Crippen LogP contribution in [0.15, 0.2) is 76.3 Å². The van der Waals surface area contributed by atoms with E-state index in [1.165, 1.54) is 5.56 Å². The lowest BCUT2D eigenvalue weighted by atomic mass is 10.1. The third kappa shape index (κ3) is 4.87. The maximum atomic E-state index is 13.3. The number of aryl methyl sites for hydroxylation is 1. The minimum atomic E-state index is -0.515. The van der Waals surface area contributed by atoms with Gasteiger partial charge >= 0.3 is 5.69 Å². The summed E-state index contributed by atoms with van der Waals surface area (Å²) in [6.45, 7) is 6.24. The second kappa shape index (κ2) is 9.97. The third-order valence-electron chi connectivity index (χ3n) is 6.98. The van der Waals surface area contributed by atoms with Gasteiger partial charge in [-0.3, -0.25) is 14.2 Å². The number of carbonyl (C=O) groups excluding carboxylic acids is 1. The molecule has 190 valence electrons. The number of methoxy groups -OCH3 is 1. The molecular formula is C29H30N4O4. The smallest absolute Gasteiger partial charge is 0.329 e. The highest BCUT2D eigenvalue weighted by atomic mass is 16.5. The molecule has 3 aromatic carbocycles. The van der Waals surface area contributed by atoms with Gasteiger partial charge < -0.3 is 19.5 Å². The molecule has 0 radical (unpaired) electrons. The van der Waals surface area contributed by atoms with E-state index in [1.807, 2.05) is 17.0 Å². The van der Waals surface area contributed by atoms with Crippen LogP contribution in [-0.4, -0.2) is 53.1 Å². The van der Waals surface area contributed by atoms with Crippen LogP contribution in [0.4, 0.5) is 5.69 Å². The zero-order valence-corrected chi connectivity index (χ0v) is 21.2. The first-order valence-corrected chi connectivity index (χ1v) is 12.4. The van der Waals surface area contributed by atoms with Crippen molar-refractivity contribution in [1.82, 2.24) is 14.5 Å². The Morgan fingerprint density at radius 2 is 1.81 bits per heavy atom. The van der Waals surface area contributed by atoms with Crippen molar-refractivity contribution in [3.8, 4) is 5.75 Å². The Balaban J connectivity index is 1.36. The first-order chi connectivity index (χ1) is 17.8. The summed E-state index contributed by atoms with van der Waals surface area (Å²) in [5, 5.41) is 0.363. The molecule has 1 amide bonds. The molecule has 1 fully saturated rings. The lowest BCUT2D eigenvalue weighted by Crippen LogP contribution is -2.53. The van der Waals surface area contributed by atoms with E-state index in [0.717, 1.165) is 22.4 Å². The van der Waals surface area contributed by atoms with Crippen LogP contribution in [-0.2, 0) is 6.54 Å². The van der Waals surface area contributed by atoms with Gasteiger partial charge in [-0.2, -0.15) is 0 Å². The predicted molar refractivity (Wildman–Crippen MR) is 145 cm³/mol. The normalized spacial score (nSPS) is 15.7. The molecule has 1 aliphatic heterocycles. The summed E-state index contributed by atoms with van der Waals surface area (Å²) >= 11 is 0. The van der Waals surface area contributed by atoms with Gasteiger partial charge in [-0.1, -0.05) is 24.3 Å². The maximum Gasteiger partial charge on any atom is 0.329 e. The van der Waals surface area contributed by atoms with Gasteiger partial charge in [-0.15, -0.1) is 0 Å². The molecule has 0 saturated carbocycles. The molecule has 8 nitrogen and oxygen atoms in total. The molecule has 5 rings (SSSR count). The minimum absolute atomic E-state index is 0.110. The van der Waals surface area contributed by atoms with Crippen LogP contribution in [0.3, 0.4) is 0 Å². The van der Waals surface area contributed by atoms with Crippen molar-refractivity contribution in [2.75, 3.05) is 31.6 Å². The Kier molecular flexibility index (Phi) is 6.56. The summed E-state index contributed by atoms with van der Waals surface area (Å²) in [7, 11) is 1.58. The number of hydrogen-bond donors (Lipinski definition) is 1. The van der Waals surface area contributed by atoms with Gasteiger partial charge in [-0.05, 0) is 67.4 Å². The number of fused-ring (bicyclic) bond motifs is 1. The molecule has 0 aliphatic carbocycles. The summed E-state index contributed by atoms with van der Waals surface area (Å²) < 4.78 is 6.33. The highest BCUT2D eigenvalue weighted by Crippen LogP contribution is 2.23. The van der Waals surface area contributed by atoms with Crippen molar-refractivity contribution in [2.45, 2.75) is 26.4 Å². The highest BCUT2D eigenvalue weighted by Gasteiger charge is 2.28. The fourth-order valence-electron chi connectivity index (χ4n) is 4.96. The molecule has 1 aromatic heterocycles. The minimum Gasteiger partial charge on any atom is -0.497 e. The van der Waals surface area contributed by atoms with E-state index in [4.69, 9.17) is 4.74 Å². The number of nitrogens with one attached hydrogen (secondary N) is 1. The summed E-state index contributed by atoms with van der Waals surface area (Å²) in [6, 6.07) is 20.6. The average Bonchev–Trinajstić information content (AvgIpc) is 2.90. The summed E-state index contributed by atoms with van der Waals surface area (Å²) in [4.78, 5) is 46.2. The summed E-state index contributed by atoms with van der Waals surface area (Å²) in [6.07, 6.45) is 0. The van der Waals surface area contributed by atoms with Gasteiger partial charge in [0.15, 0.2) is 0 Å². The number of rotatable bonds is 5. The fraction of sp³-hybridized carbons (Fsp3) is 0.276. The van der Waals surface area contributed by atoms with Crippen molar-refractivity contribution >= 4 is 22.5 Å². The van der Waals surface area contributed by atoms with Crippen LogP contribution >= 0.6 is 0 Å². The molecule has 8 heteroatoms. The van der Waals surface area contributed by atoms with Crippen LogP contribution in [0, 0.1) is 6.92 Å². The molecule has 2 heterocycles. The molecule has 0 spiro atoms. The topological polar surface area (TPSA) is 87.6 Å². The second-order valence-corrected chi connectivity index (χ2v) is 9.56. The van der Waals surface area contributed by atoms with E-state index >= 15 is 0 Å². The number of carbonyl (C=O) groups is 1. The monoisotopic (exact) mass is 498 g/mol. The molecule has 1 N–H and O–H groups in total. The SMILES string of the molecule is COc1ccc(Cn2c(=O)[nH]c3cc(C(=O)N4CCN(c5cccc(C)c5)[C@H](C)C4)ccc3c2=O)cc1. The fourth-order valence-corrected chi connectivity index (χ4v) is 4.96. The number of hydrogen-bond acceptors (Lipinski definition) is 5. The van der Waals surface area contributed by atoms with Crippen molar-refractivity contribution in [2.24, 2.45) is 0 Å². The summed E-state index contributed by atoms with van der Waals surface area (Å²) in [5.41, 5.74) is 3.07. The number of piperazine rings is 1. The lowest BCUT2D eigenvalue weighted by molar-refractivity contribution is 0.0726. The van der Waals surface area contributed by atoms with E-state index < -0.39 is 11.2 Å². The van der Waals surface area contributed by atoms with Crippen molar-refractivity contribution in [3.63, 3.8) is 0 Å². The van der Waals surface area contributed by atoms with Gasteiger partial charge in [-0.25, -0.2) is 4.79 Å². The van der Waals surface area contributed by atoms with Crippen LogP contribution < -0.4 is 20.9 Å². The van der Waals surface area contributed by atoms with Gasteiger partial charge in [0.25, 0.3) is 11.5 Å². The Hall–Kier alpha value is -4.33. The maximum absolute atomic E-state index is 13.3. The standard InChI is InChI=1S/C29H30N4O4/c1-19-5-4-6-23(15-19)32-14-13-31(17-20(32)2)27(34)22-9-12-25-26(16-22)30-29(36)33(28(25)35)18-21-7-10-24(37-3)11-8-21/h4-12,15-16,20H,13-14,17-18H2,1-3H3,(H,30,36)/t20-/m1/s1. The van der Waals surface area contributed by atoms with Gasteiger partial charge in [0.05, 0.1) is 24.6 Å². The first-order valence-electron chi connectivity index (χ1n) is 12.4. The number of aromatic amines is 1. The van der Waals surface area contributed by atoms with Crippen LogP contribution in [0.5, 0.6) is 5.75 Å². The van der Waals surface area contributed by atoms with E-state index in [9.17, 15) is 14.4 Å². The van der Waals surface area contributed by atoms with Crippen LogP contribution in [0.2, 0.25) is 0 Å². The second-order valence-electron chi connectivity index (χ2n) is 9.56. The number of aromatic nitrogens is 2. The van der Waals surface area contributed by atoms with E-state index in [2.05, 4.69) is 48.0 Å². The Labute approximate surface area is 214 Å². The first kappa shape index (κ1) is 24.4. The van der Waals surface area contributed by atoms with E-state index in [1.54, 1.807) is 37.4 Å².